The van der Waals surface area contributed by atoms with E-state index in [2.05, 4.69) is 69.4 Å². The van der Waals surface area contributed by atoms with Crippen LogP contribution in [-0.4, -0.2) is 101 Å². The van der Waals surface area contributed by atoms with Crippen LogP contribution in [0.15, 0.2) is 59.5 Å². The van der Waals surface area contributed by atoms with Gasteiger partial charge in [-0.3, -0.25) is 24.5 Å². The highest BCUT2D eigenvalue weighted by Gasteiger charge is 2.64. The number of amides is 3. The average Bonchev–Trinajstić information content (AvgIpc) is 3.70. The van der Waals surface area contributed by atoms with Gasteiger partial charge in [0.05, 0.1) is 21.5 Å². The van der Waals surface area contributed by atoms with Crippen LogP contribution in [0.1, 0.15) is 81.8 Å². The third-order valence-electron chi connectivity index (χ3n) is 14.0. The number of nitriles is 1. The zero-order chi connectivity index (χ0) is 42.8. The Hall–Kier alpha value is -5.59. The van der Waals surface area contributed by atoms with Crippen LogP contribution < -0.4 is 30.7 Å². The first-order chi connectivity index (χ1) is 29.1. The molecule has 2 atom stereocenters. The molecular formula is C45H51ClN10O5. The van der Waals surface area contributed by atoms with Crippen LogP contribution in [0, 0.1) is 33.5 Å². The van der Waals surface area contributed by atoms with E-state index in [9.17, 15) is 24.4 Å². The standard InChI is InChI=1S/C45H51ClN10O5/c1-43(2)41(44(3,4)42(43)61-31-8-5-28(21-47)33(46)20-31)50-38(58)29-6-11-36(48-22-29)55-16-13-27(24-55)23-53-25-45(26-53)14-17-54(18-15-45)30-7-9-34-32(19-30)40(60)56(52-51-34)35-10-12-37(57)49-39(35)59/h5-9,11,19-20,22,27,35,41-42H,10,12-18,23-26H2,1-4H3,(H,50,58)(H,49,57,59)/t27-,35?,41?,42?/m0/s1. The molecule has 2 aromatic heterocycles. The summed E-state index contributed by atoms with van der Waals surface area (Å²) in [5.74, 6) is 1.00. The van der Waals surface area contributed by atoms with Crippen LogP contribution in [0.3, 0.4) is 0 Å². The predicted octanol–water partition coefficient (Wildman–Crippen LogP) is 4.73. The first kappa shape index (κ1) is 40.8. The number of pyridine rings is 1. The zero-order valence-electron chi connectivity index (χ0n) is 35.0. The summed E-state index contributed by atoms with van der Waals surface area (Å²) in [6, 6.07) is 15.7. The van der Waals surface area contributed by atoms with Crippen LogP contribution in [0.5, 0.6) is 5.75 Å². The Morgan fingerprint density at radius 3 is 2.44 bits per heavy atom. The Balaban J connectivity index is 0.739. The SMILES string of the molecule is CC1(C)C(NC(=O)c2ccc(N3CC[C@@H](CN4CC5(CCN(c6ccc7nnn(C8CCC(=O)NC8=O)c(=O)c7c6)CC5)C4)C3)nc2)C(C)(C)C1Oc1ccc(C#N)c(Cl)c1. The van der Waals surface area contributed by atoms with E-state index in [1.807, 2.05) is 30.3 Å². The molecule has 2 aromatic carbocycles. The number of ether oxygens (including phenoxy) is 1. The van der Waals surface area contributed by atoms with Gasteiger partial charge < -0.3 is 24.8 Å². The fourth-order valence-corrected chi connectivity index (χ4v) is 11.2. The van der Waals surface area contributed by atoms with E-state index in [-0.39, 0.29) is 53.2 Å². The van der Waals surface area contributed by atoms with Crippen molar-refractivity contribution in [1.29, 1.82) is 5.26 Å². The van der Waals surface area contributed by atoms with Gasteiger partial charge in [0.15, 0.2) is 0 Å². The normalized spacial score (nSPS) is 25.4. The maximum atomic E-state index is 13.5. The molecule has 4 saturated heterocycles. The highest BCUT2D eigenvalue weighted by atomic mass is 35.5. The summed E-state index contributed by atoms with van der Waals surface area (Å²) in [6.07, 6.45) is 5.13. The molecule has 0 radical (unpaired) electrons. The van der Waals surface area contributed by atoms with Crippen LogP contribution in [0.2, 0.25) is 5.02 Å². The number of piperidine rings is 2. The number of benzene rings is 2. The number of nitrogens with one attached hydrogen (secondary N) is 2. The topological polar surface area (TPSA) is 179 Å². The summed E-state index contributed by atoms with van der Waals surface area (Å²) in [7, 11) is 0. The molecule has 9 rings (SSSR count). The quantitative estimate of drug-likeness (QED) is 0.222. The molecule has 3 amide bonds. The largest absolute Gasteiger partial charge is 0.489 e. The lowest BCUT2D eigenvalue weighted by molar-refractivity contribution is -0.164. The predicted molar refractivity (Wildman–Crippen MR) is 229 cm³/mol. The molecule has 4 aliphatic heterocycles. The lowest BCUT2D eigenvalue weighted by Crippen LogP contribution is -2.74. The molecular weight excluding hydrogens is 796 g/mol. The minimum Gasteiger partial charge on any atom is -0.489 e. The van der Waals surface area contributed by atoms with E-state index in [1.165, 1.54) is 0 Å². The summed E-state index contributed by atoms with van der Waals surface area (Å²) in [5.41, 5.74) is 1.57. The first-order valence-electron chi connectivity index (χ1n) is 21.2. The van der Waals surface area contributed by atoms with Crippen molar-refractivity contribution >= 4 is 51.7 Å². The Labute approximate surface area is 359 Å². The van der Waals surface area contributed by atoms with Crippen molar-refractivity contribution in [2.24, 2.45) is 22.2 Å². The first-order valence-corrected chi connectivity index (χ1v) is 21.6. The average molecular weight is 847 g/mol. The van der Waals surface area contributed by atoms with Gasteiger partial charge in [-0.25, -0.2) is 4.98 Å². The molecule has 16 heteroatoms. The number of likely N-dealkylation sites (tertiary alicyclic amines) is 1. The number of carbonyl (C=O) groups is 3. The van der Waals surface area contributed by atoms with Crippen LogP contribution >= 0.6 is 11.6 Å². The lowest BCUT2D eigenvalue weighted by atomic mass is 9.49. The molecule has 0 bridgehead atoms. The fraction of sp³-hybridized carbons (Fsp3) is 0.511. The van der Waals surface area contributed by atoms with Gasteiger partial charge in [0.2, 0.25) is 5.91 Å². The number of fused-ring (bicyclic) bond motifs is 1. The molecule has 1 saturated carbocycles. The number of anilines is 2. The number of aromatic nitrogens is 4. The Bertz CT molecular complexity index is 2490. The number of hydrogen-bond donors (Lipinski definition) is 2. The molecule has 1 spiro atoms. The van der Waals surface area contributed by atoms with Crippen molar-refractivity contribution < 1.29 is 19.1 Å². The highest BCUT2D eigenvalue weighted by molar-refractivity contribution is 6.31. The fourth-order valence-electron chi connectivity index (χ4n) is 11.0. The van der Waals surface area contributed by atoms with Crippen LogP contribution in [0.4, 0.5) is 11.5 Å². The van der Waals surface area contributed by atoms with Crippen molar-refractivity contribution in [2.75, 3.05) is 55.6 Å². The summed E-state index contributed by atoms with van der Waals surface area (Å²) in [4.78, 5) is 63.0. The second-order valence-electron chi connectivity index (χ2n) is 19.0. The van der Waals surface area contributed by atoms with E-state index >= 15 is 0 Å². The molecule has 1 aliphatic carbocycles. The maximum absolute atomic E-state index is 13.5. The summed E-state index contributed by atoms with van der Waals surface area (Å²) in [5, 5.41) is 23.8. The Kier molecular flexibility index (Phi) is 10.3. The number of carbonyl (C=O) groups excluding carboxylic acids is 3. The monoisotopic (exact) mass is 846 g/mol. The van der Waals surface area contributed by atoms with Gasteiger partial charge in [0.25, 0.3) is 17.4 Å². The van der Waals surface area contributed by atoms with E-state index in [0.29, 0.717) is 44.1 Å². The van der Waals surface area contributed by atoms with Crippen molar-refractivity contribution in [2.45, 2.75) is 78.0 Å². The number of nitrogens with zero attached hydrogens (tertiary/aromatic N) is 8. The van der Waals surface area contributed by atoms with Crippen molar-refractivity contribution in [3.63, 3.8) is 0 Å². The van der Waals surface area contributed by atoms with E-state index in [4.69, 9.17) is 21.3 Å². The van der Waals surface area contributed by atoms with E-state index < -0.39 is 11.9 Å². The Morgan fingerprint density at radius 2 is 1.75 bits per heavy atom. The summed E-state index contributed by atoms with van der Waals surface area (Å²) < 4.78 is 7.50. The third kappa shape index (κ3) is 7.47. The summed E-state index contributed by atoms with van der Waals surface area (Å²) >= 11 is 6.26. The van der Waals surface area contributed by atoms with E-state index in [0.717, 1.165) is 81.3 Å². The van der Waals surface area contributed by atoms with Gasteiger partial charge in [-0.05, 0) is 79.5 Å². The van der Waals surface area contributed by atoms with Crippen LogP contribution in [-0.2, 0) is 9.59 Å². The second-order valence-corrected chi connectivity index (χ2v) is 19.4. The molecule has 61 heavy (non-hydrogen) atoms. The third-order valence-corrected chi connectivity index (χ3v) is 14.4. The van der Waals surface area contributed by atoms with Gasteiger partial charge in [-0.1, -0.05) is 44.5 Å². The number of rotatable bonds is 9. The zero-order valence-corrected chi connectivity index (χ0v) is 35.7. The van der Waals surface area contributed by atoms with E-state index in [1.54, 1.807) is 24.4 Å². The molecule has 5 fully saturated rings. The minimum absolute atomic E-state index is 0.143. The highest BCUT2D eigenvalue weighted by Crippen LogP contribution is 2.55. The molecule has 15 nitrogen and oxygen atoms in total. The van der Waals surface area contributed by atoms with Crippen molar-refractivity contribution in [3.8, 4) is 11.8 Å². The molecule has 6 heterocycles. The van der Waals surface area contributed by atoms with Gasteiger partial charge in [0.1, 0.15) is 35.3 Å². The lowest BCUT2D eigenvalue weighted by Gasteiger charge is -2.63. The van der Waals surface area contributed by atoms with Gasteiger partial charge in [-0.15, -0.1) is 5.10 Å². The summed E-state index contributed by atoms with van der Waals surface area (Å²) in [6.45, 7) is 15.3. The molecule has 318 valence electrons. The smallest absolute Gasteiger partial charge is 0.278 e. The van der Waals surface area contributed by atoms with Gasteiger partial charge in [0, 0.05) is 87.1 Å². The van der Waals surface area contributed by atoms with Crippen LogP contribution in [0.25, 0.3) is 10.9 Å². The molecule has 4 aromatic rings. The van der Waals surface area contributed by atoms with Crippen molar-refractivity contribution in [1.82, 2.24) is 35.5 Å². The maximum Gasteiger partial charge on any atom is 0.278 e. The second kappa shape index (κ2) is 15.4. The molecule has 5 aliphatic rings. The van der Waals surface area contributed by atoms with Gasteiger partial charge >= 0.3 is 0 Å². The molecule has 1 unspecified atom stereocenters. The molecule has 2 N–H and O–H groups in total. The number of halogens is 1. The number of imide groups is 1. The minimum atomic E-state index is -0.849. The van der Waals surface area contributed by atoms with Gasteiger partial charge in [-0.2, -0.15) is 9.94 Å². The number of hydrogen-bond acceptors (Lipinski definition) is 12. The Morgan fingerprint density at radius 1 is 0.984 bits per heavy atom. The van der Waals surface area contributed by atoms with Crippen molar-refractivity contribution in [3.05, 3.63) is 81.2 Å².